The van der Waals surface area contributed by atoms with Gasteiger partial charge in [-0.3, -0.25) is 4.79 Å². The molecular formula is C22H34O2. The first-order valence-corrected chi connectivity index (χ1v) is 10.1. The lowest BCUT2D eigenvalue weighted by Gasteiger charge is -2.58. The van der Waals surface area contributed by atoms with Gasteiger partial charge in [0, 0.05) is 5.92 Å². The van der Waals surface area contributed by atoms with Crippen LogP contribution >= 0.6 is 0 Å². The molecule has 0 aliphatic heterocycles. The molecule has 0 bridgehead atoms. The van der Waals surface area contributed by atoms with E-state index >= 15 is 0 Å². The molecule has 3 saturated carbocycles. The zero-order valence-electron chi connectivity index (χ0n) is 15.9. The predicted octanol–water partition coefficient (Wildman–Crippen LogP) is 4.91. The van der Waals surface area contributed by atoms with Crippen LogP contribution in [0.15, 0.2) is 11.6 Å². The molecule has 0 spiro atoms. The van der Waals surface area contributed by atoms with Gasteiger partial charge in [-0.15, -0.1) is 0 Å². The molecule has 0 aromatic rings. The number of carbonyl (C=O) groups excluding carboxylic acids is 1. The number of Topliss-reactive ketones (excluding diaryl/α,β-unsaturated/α-hetero) is 1. The Morgan fingerprint density at radius 3 is 2.58 bits per heavy atom. The fourth-order valence-corrected chi connectivity index (χ4v) is 7.37. The normalized spacial score (nSPS) is 53.6. The van der Waals surface area contributed by atoms with Gasteiger partial charge in [-0.25, -0.2) is 0 Å². The second-order valence-corrected chi connectivity index (χ2v) is 10.2. The van der Waals surface area contributed by atoms with Crippen molar-refractivity contribution in [2.75, 3.05) is 0 Å². The minimum absolute atomic E-state index is 0.198. The molecule has 4 aliphatic rings. The molecule has 134 valence electrons. The SMILES string of the molecule is CC(=O)[C@H]1CCC2[C@@H]3CC[C@H]4C[C@](C)(O)CC[C@]4(C)C3=CC[C@@]21C. The van der Waals surface area contributed by atoms with Crippen LogP contribution in [0.25, 0.3) is 0 Å². The number of carbonyl (C=O) groups is 1. The second kappa shape index (κ2) is 5.19. The van der Waals surface area contributed by atoms with E-state index in [0.29, 0.717) is 29.0 Å². The lowest BCUT2D eigenvalue weighted by Crippen LogP contribution is -2.51. The van der Waals surface area contributed by atoms with E-state index in [0.717, 1.165) is 32.1 Å². The van der Waals surface area contributed by atoms with Crippen molar-refractivity contribution in [1.82, 2.24) is 0 Å². The number of fused-ring (bicyclic) bond motifs is 5. The minimum atomic E-state index is -0.464. The van der Waals surface area contributed by atoms with Crippen LogP contribution < -0.4 is 0 Å². The van der Waals surface area contributed by atoms with Gasteiger partial charge in [-0.1, -0.05) is 25.5 Å². The van der Waals surface area contributed by atoms with E-state index in [-0.39, 0.29) is 11.3 Å². The fourth-order valence-electron chi connectivity index (χ4n) is 7.37. The molecule has 4 aliphatic carbocycles. The van der Waals surface area contributed by atoms with Crippen LogP contribution in [0.2, 0.25) is 0 Å². The van der Waals surface area contributed by atoms with Crippen molar-refractivity contribution in [3.05, 3.63) is 11.6 Å². The number of hydrogen-bond donors (Lipinski definition) is 1. The summed E-state index contributed by atoms with van der Waals surface area (Å²) in [5.41, 5.74) is 1.73. The van der Waals surface area contributed by atoms with Crippen LogP contribution in [-0.2, 0) is 4.79 Å². The number of ketones is 1. The maximum absolute atomic E-state index is 12.2. The average Bonchev–Trinajstić information content (AvgIpc) is 2.85. The Bertz CT molecular complexity index is 589. The third-order valence-corrected chi connectivity index (χ3v) is 8.80. The summed E-state index contributed by atoms with van der Waals surface area (Å²) in [7, 11) is 0. The standard InChI is InChI=1S/C22H34O2/c1-14(23)17-7-8-18-16-6-5-15-13-20(2,24)11-12-21(15,3)19(16)9-10-22(17,18)4/h9,15-18,24H,5-8,10-13H2,1-4H3/t15-,16-,17+,18?,20+,21-,22+/m0/s1. The summed E-state index contributed by atoms with van der Waals surface area (Å²) in [5.74, 6) is 2.71. The number of rotatable bonds is 1. The van der Waals surface area contributed by atoms with Crippen molar-refractivity contribution in [3.63, 3.8) is 0 Å². The third-order valence-electron chi connectivity index (χ3n) is 8.80. The van der Waals surface area contributed by atoms with Crippen molar-refractivity contribution >= 4 is 5.78 Å². The molecule has 0 heterocycles. The summed E-state index contributed by atoms with van der Waals surface area (Å²) >= 11 is 0. The molecule has 1 unspecified atom stereocenters. The second-order valence-electron chi connectivity index (χ2n) is 10.2. The zero-order chi connectivity index (χ0) is 17.3. The van der Waals surface area contributed by atoms with Crippen LogP contribution in [0.4, 0.5) is 0 Å². The fraction of sp³-hybridized carbons (Fsp3) is 0.864. The smallest absolute Gasteiger partial charge is 0.133 e. The van der Waals surface area contributed by atoms with E-state index in [2.05, 4.69) is 19.9 Å². The maximum atomic E-state index is 12.2. The average molecular weight is 331 g/mol. The van der Waals surface area contributed by atoms with Gasteiger partial charge in [0.25, 0.3) is 0 Å². The largest absolute Gasteiger partial charge is 0.390 e. The molecule has 24 heavy (non-hydrogen) atoms. The quantitative estimate of drug-likeness (QED) is 0.694. The van der Waals surface area contributed by atoms with Gasteiger partial charge in [0.05, 0.1) is 5.60 Å². The van der Waals surface area contributed by atoms with E-state index in [1.807, 2.05) is 6.92 Å². The first-order chi connectivity index (χ1) is 11.2. The van der Waals surface area contributed by atoms with E-state index in [1.54, 1.807) is 12.5 Å². The van der Waals surface area contributed by atoms with Gasteiger partial charge in [0.2, 0.25) is 0 Å². The molecular weight excluding hydrogens is 296 g/mol. The van der Waals surface area contributed by atoms with Gasteiger partial charge < -0.3 is 5.11 Å². The highest BCUT2D eigenvalue weighted by Crippen LogP contribution is 2.66. The van der Waals surface area contributed by atoms with Gasteiger partial charge in [-0.2, -0.15) is 0 Å². The Morgan fingerprint density at radius 1 is 1.12 bits per heavy atom. The Hall–Kier alpha value is -0.630. The summed E-state index contributed by atoms with van der Waals surface area (Å²) < 4.78 is 0. The third kappa shape index (κ3) is 2.21. The predicted molar refractivity (Wildman–Crippen MR) is 96.5 cm³/mol. The van der Waals surface area contributed by atoms with E-state index < -0.39 is 5.60 Å². The van der Waals surface area contributed by atoms with Crippen LogP contribution in [0.5, 0.6) is 0 Å². The van der Waals surface area contributed by atoms with Crippen molar-refractivity contribution < 1.29 is 9.90 Å². The summed E-state index contributed by atoms with van der Waals surface area (Å²) in [6.45, 7) is 8.70. The molecule has 2 nitrogen and oxygen atoms in total. The highest BCUT2D eigenvalue weighted by Gasteiger charge is 2.58. The first-order valence-electron chi connectivity index (χ1n) is 10.1. The molecule has 4 rings (SSSR count). The Morgan fingerprint density at radius 2 is 1.88 bits per heavy atom. The zero-order valence-corrected chi connectivity index (χ0v) is 15.9. The highest BCUT2D eigenvalue weighted by atomic mass is 16.3. The van der Waals surface area contributed by atoms with Crippen molar-refractivity contribution in [1.29, 1.82) is 0 Å². The number of allylic oxidation sites excluding steroid dienone is 2. The van der Waals surface area contributed by atoms with Crippen LogP contribution in [0.1, 0.15) is 79.1 Å². The van der Waals surface area contributed by atoms with Crippen molar-refractivity contribution in [3.8, 4) is 0 Å². The van der Waals surface area contributed by atoms with E-state index in [9.17, 15) is 9.90 Å². The molecule has 0 aromatic heterocycles. The lowest BCUT2D eigenvalue weighted by molar-refractivity contribution is -0.125. The molecule has 1 N–H and O–H groups in total. The molecule has 0 saturated heterocycles. The van der Waals surface area contributed by atoms with Crippen LogP contribution in [0.3, 0.4) is 0 Å². The highest BCUT2D eigenvalue weighted by molar-refractivity contribution is 5.79. The summed E-state index contributed by atoms with van der Waals surface area (Å²) in [4.78, 5) is 12.2. The monoisotopic (exact) mass is 330 g/mol. The topological polar surface area (TPSA) is 37.3 Å². The molecule has 7 atom stereocenters. The van der Waals surface area contributed by atoms with Gasteiger partial charge >= 0.3 is 0 Å². The van der Waals surface area contributed by atoms with Crippen LogP contribution in [-0.4, -0.2) is 16.5 Å². The Balaban J connectivity index is 1.68. The molecule has 0 radical (unpaired) electrons. The number of hydrogen-bond acceptors (Lipinski definition) is 2. The van der Waals surface area contributed by atoms with Gasteiger partial charge in [0.1, 0.15) is 5.78 Å². The molecule has 0 amide bonds. The van der Waals surface area contributed by atoms with Gasteiger partial charge in [0.15, 0.2) is 0 Å². The van der Waals surface area contributed by atoms with Gasteiger partial charge in [-0.05, 0) is 93.8 Å². The summed E-state index contributed by atoms with van der Waals surface area (Å²) in [6, 6.07) is 0. The minimum Gasteiger partial charge on any atom is -0.390 e. The first kappa shape index (κ1) is 16.8. The molecule has 2 heteroatoms. The summed E-state index contributed by atoms with van der Waals surface area (Å²) in [6.07, 6.45) is 11.5. The van der Waals surface area contributed by atoms with Crippen LogP contribution in [0, 0.1) is 34.5 Å². The van der Waals surface area contributed by atoms with Crippen molar-refractivity contribution in [2.45, 2.75) is 84.7 Å². The summed E-state index contributed by atoms with van der Waals surface area (Å²) in [5, 5.41) is 10.6. The molecule has 0 aromatic carbocycles. The van der Waals surface area contributed by atoms with E-state index in [1.165, 1.54) is 19.3 Å². The Kier molecular flexibility index (Phi) is 3.64. The lowest BCUT2D eigenvalue weighted by atomic mass is 9.47. The van der Waals surface area contributed by atoms with Crippen molar-refractivity contribution in [2.24, 2.45) is 34.5 Å². The Labute approximate surface area is 147 Å². The molecule has 3 fully saturated rings. The maximum Gasteiger partial charge on any atom is 0.133 e. The number of aliphatic hydroxyl groups is 1. The van der Waals surface area contributed by atoms with E-state index in [4.69, 9.17) is 0 Å².